The number of hydrogen-bond acceptors (Lipinski definition) is 8. The van der Waals surface area contributed by atoms with Gasteiger partial charge in [-0.2, -0.15) is 0 Å². The van der Waals surface area contributed by atoms with Gasteiger partial charge in [-0.3, -0.25) is 9.59 Å². The first-order chi connectivity index (χ1) is 25.0. The van der Waals surface area contributed by atoms with Crippen molar-refractivity contribution >= 4 is 23.8 Å². The van der Waals surface area contributed by atoms with Crippen LogP contribution in [0.5, 0.6) is 0 Å². The van der Waals surface area contributed by atoms with Crippen LogP contribution in [-0.2, 0) is 54.7 Å². The zero-order valence-corrected chi connectivity index (χ0v) is 29.0. The summed E-state index contributed by atoms with van der Waals surface area (Å²) in [6.07, 6.45) is -8.16. The largest absolute Gasteiger partial charge is 0.480 e. The Bertz CT molecular complexity index is 1600. The molecule has 274 valence electrons. The van der Waals surface area contributed by atoms with Crippen LogP contribution >= 0.6 is 0 Å². The van der Waals surface area contributed by atoms with Crippen LogP contribution in [0, 0.1) is 0 Å². The van der Waals surface area contributed by atoms with Crippen LogP contribution in [0.2, 0.25) is 0 Å². The molecule has 12 heteroatoms. The van der Waals surface area contributed by atoms with Gasteiger partial charge >= 0.3 is 11.9 Å². The van der Waals surface area contributed by atoms with Crippen molar-refractivity contribution in [2.24, 2.45) is 0 Å². The van der Waals surface area contributed by atoms with Crippen LogP contribution in [0.15, 0.2) is 121 Å². The molecule has 2 amide bonds. The number of rotatable bonds is 19. The van der Waals surface area contributed by atoms with Gasteiger partial charge in [0, 0.05) is 26.9 Å². The number of amides is 2. The van der Waals surface area contributed by atoms with Crippen LogP contribution < -0.4 is 0 Å². The Morgan fingerprint density at radius 1 is 0.500 bits per heavy atom. The van der Waals surface area contributed by atoms with Gasteiger partial charge in [-0.1, -0.05) is 121 Å². The summed E-state index contributed by atoms with van der Waals surface area (Å²) in [4.78, 5) is 54.9. The summed E-state index contributed by atoms with van der Waals surface area (Å²) < 4.78 is 11.8. The highest BCUT2D eigenvalue weighted by molar-refractivity contribution is 5.88. The molecule has 0 heterocycles. The Morgan fingerprint density at radius 3 is 1.04 bits per heavy atom. The van der Waals surface area contributed by atoms with Gasteiger partial charge in [-0.15, -0.1) is 0 Å². The molecule has 0 aliphatic heterocycles. The summed E-state index contributed by atoms with van der Waals surface area (Å²) in [5.41, 5.74) is 2.51. The molecule has 52 heavy (non-hydrogen) atoms. The predicted octanol–water partition coefficient (Wildman–Crippen LogP) is 3.19. The molecule has 0 saturated carbocycles. The molecule has 6 atom stereocenters. The number of hydrogen-bond donors (Lipinski definition) is 4. The molecule has 0 aliphatic carbocycles. The number of ether oxygens (including phenoxy) is 2. The third-order valence-corrected chi connectivity index (χ3v) is 8.75. The average molecular weight is 713 g/mol. The van der Waals surface area contributed by atoms with E-state index in [1.54, 1.807) is 121 Å². The van der Waals surface area contributed by atoms with Gasteiger partial charge in [0.1, 0.15) is 24.3 Å². The summed E-state index contributed by atoms with van der Waals surface area (Å²) in [7, 11) is 2.51. The van der Waals surface area contributed by atoms with Crippen molar-refractivity contribution in [3.05, 3.63) is 144 Å². The number of likely N-dealkylation sites (N-methyl/N-ethyl adjacent to an activating group) is 2. The lowest BCUT2D eigenvalue weighted by molar-refractivity contribution is -0.182. The number of aliphatic hydroxyl groups is 2. The molecule has 0 aromatic heterocycles. The highest BCUT2D eigenvalue weighted by Gasteiger charge is 2.45. The monoisotopic (exact) mass is 712 g/mol. The maximum Gasteiger partial charge on any atom is 0.326 e. The lowest BCUT2D eigenvalue weighted by Gasteiger charge is -2.36. The minimum absolute atomic E-state index is 0.0629. The van der Waals surface area contributed by atoms with E-state index < -0.39 is 60.3 Å². The smallest absolute Gasteiger partial charge is 0.326 e. The minimum Gasteiger partial charge on any atom is -0.480 e. The second-order valence-corrected chi connectivity index (χ2v) is 12.4. The van der Waals surface area contributed by atoms with Gasteiger partial charge in [0.2, 0.25) is 0 Å². The van der Waals surface area contributed by atoms with E-state index >= 15 is 0 Å². The molecule has 0 spiro atoms. The summed E-state index contributed by atoms with van der Waals surface area (Å²) in [6.45, 7) is -0.431. The van der Waals surface area contributed by atoms with Gasteiger partial charge in [-0.05, 0) is 22.3 Å². The molecule has 0 fully saturated rings. The molecule has 0 saturated heterocycles. The van der Waals surface area contributed by atoms with Crippen molar-refractivity contribution in [2.45, 2.75) is 62.6 Å². The van der Waals surface area contributed by atoms with Gasteiger partial charge in [-0.25, -0.2) is 9.59 Å². The lowest BCUT2D eigenvalue weighted by atomic mass is 9.98. The fraction of sp³-hybridized carbons (Fsp3) is 0.300. The molecular formula is C40H44N2O10. The summed E-state index contributed by atoms with van der Waals surface area (Å²) in [5, 5.41) is 43.7. The summed E-state index contributed by atoms with van der Waals surface area (Å²) in [6, 6.07) is 32.0. The number of aliphatic carboxylic acids is 2. The van der Waals surface area contributed by atoms with Gasteiger partial charge in [0.25, 0.3) is 11.8 Å². The molecule has 4 N–H and O–H groups in total. The summed E-state index contributed by atoms with van der Waals surface area (Å²) >= 11 is 0. The van der Waals surface area contributed by atoms with Crippen molar-refractivity contribution in [3.63, 3.8) is 0 Å². The Morgan fingerprint density at radius 2 is 0.769 bits per heavy atom. The number of nitrogens with zero attached hydrogens (tertiary/aromatic N) is 2. The first-order valence-electron chi connectivity index (χ1n) is 16.7. The van der Waals surface area contributed by atoms with Gasteiger partial charge < -0.3 is 39.7 Å². The molecule has 4 aromatic carbocycles. The van der Waals surface area contributed by atoms with E-state index in [9.17, 15) is 39.6 Å². The maximum absolute atomic E-state index is 14.1. The van der Waals surface area contributed by atoms with E-state index in [-0.39, 0.29) is 26.1 Å². The standard InChI is InChI=1S/C40H44N2O10/c1-41(31(39(47)48)23-27-15-7-3-8-16-27)37(45)35(51-25-29-19-11-5-12-20-29)33(43)34(44)36(52-26-30-21-13-6-14-22-30)38(46)42(2)32(40(49)50)24-28-17-9-4-10-18-28/h3-22,31-36,43-44H,23-26H2,1-2H3,(H,47,48)(H,49,50)/t31?,32?,33-,34-,35-,36-/m1/s1. The van der Waals surface area contributed by atoms with Crippen LogP contribution in [-0.4, -0.2) is 105 Å². The number of carbonyl (C=O) groups is 4. The van der Waals surface area contributed by atoms with Crippen molar-refractivity contribution in [3.8, 4) is 0 Å². The molecule has 2 unspecified atom stereocenters. The van der Waals surface area contributed by atoms with Crippen LogP contribution in [0.25, 0.3) is 0 Å². The Balaban J connectivity index is 1.66. The zero-order valence-electron chi connectivity index (χ0n) is 29.0. The summed E-state index contributed by atoms with van der Waals surface area (Å²) in [5.74, 6) is -4.56. The van der Waals surface area contributed by atoms with Crippen LogP contribution in [0.1, 0.15) is 22.3 Å². The SMILES string of the molecule is CN(C(=O)[C@H](OCc1ccccc1)[C@H](O)[C@@H](O)[C@@H](OCc1ccccc1)C(=O)N(C)C(Cc1ccccc1)C(=O)O)C(Cc1ccccc1)C(=O)O. The van der Waals surface area contributed by atoms with Gasteiger partial charge in [0.05, 0.1) is 13.2 Å². The van der Waals surface area contributed by atoms with Crippen molar-refractivity contribution in [1.82, 2.24) is 9.80 Å². The Kier molecular flexibility index (Phi) is 14.6. The molecule has 0 radical (unpaired) electrons. The van der Waals surface area contributed by atoms with E-state index in [1.807, 2.05) is 0 Å². The third kappa shape index (κ3) is 10.8. The average Bonchev–Trinajstić information content (AvgIpc) is 3.16. The Labute approximate surface area is 302 Å². The van der Waals surface area contributed by atoms with Gasteiger partial charge in [0.15, 0.2) is 12.2 Å². The number of carbonyl (C=O) groups excluding carboxylic acids is 2. The molecule has 4 aromatic rings. The second-order valence-electron chi connectivity index (χ2n) is 12.4. The maximum atomic E-state index is 14.1. The fourth-order valence-electron chi connectivity index (χ4n) is 5.67. The highest BCUT2D eigenvalue weighted by atomic mass is 16.5. The Hall–Kier alpha value is -5.40. The van der Waals surface area contributed by atoms with Crippen molar-refractivity contribution in [2.75, 3.05) is 14.1 Å². The van der Waals surface area contributed by atoms with Crippen LogP contribution in [0.4, 0.5) is 0 Å². The van der Waals surface area contributed by atoms with E-state index in [0.717, 1.165) is 9.80 Å². The van der Waals surface area contributed by atoms with E-state index in [0.29, 0.717) is 22.3 Å². The zero-order chi connectivity index (χ0) is 37.6. The minimum atomic E-state index is -2.14. The molecular weight excluding hydrogens is 668 g/mol. The number of benzene rings is 4. The quantitative estimate of drug-likeness (QED) is 0.113. The lowest BCUT2D eigenvalue weighted by Crippen LogP contribution is -2.59. The molecule has 12 nitrogen and oxygen atoms in total. The topological polar surface area (TPSA) is 174 Å². The second kappa shape index (κ2) is 19.3. The highest BCUT2D eigenvalue weighted by Crippen LogP contribution is 2.21. The first kappa shape index (κ1) is 39.4. The number of aliphatic hydroxyl groups excluding tert-OH is 2. The first-order valence-corrected chi connectivity index (χ1v) is 16.7. The van der Waals surface area contributed by atoms with Crippen molar-refractivity contribution < 1.29 is 49.1 Å². The number of carboxylic acids is 2. The van der Waals surface area contributed by atoms with Crippen LogP contribution in [0.3, 0.4) is 0 Å². The fourth-order valence-corrected chi connectivity index (χ4v) is 5.67. The van der Waals surface area contributed by atoms with E-state index in [4.69, 9.17) is 9.47 Å². The predicted molar refractivity (Wildman–Crippen MR) is 191 cm³/mol. The van der Waals surface area contributed by atoms with E-state index in [2.05, 4.69) is 0 Å². The third-order valence-electron chi connectivity index (χ3n) is 8.75. The molecule has 0 bridgehead atoms. The molecule has 0 aliphatic rings. The molecule has 4 rings (SSSR count). The van der Waals surface area contributed by atoms with Crippen molar-refractivity contribution in [1.29, 1.82) is 0 Å². The normalized spacial score (nSPS) is 14.6. The van der Waals surface area contributed by atoms with E-state index in [1.165, 1.54) is 14.1 Å². The number of carboxylic acid groups (broad SMARTS) is 2.